The highest BCUT2D eigenvalue weighted by Crippen LogP contribution is 2.68. The summed E-state index contributed by atoms with van der Waals surface area (Å²) in [5.41, 5.74) is 1.05. The van der Waals surface area contributed by atoms with Gasteiger partial charge in [0.05, 0.1) is 6.61 Å². The molecule has 0 heterocycles. The van der Waals surface area contributed by atoms with E-state index in [1.165, 1.54) is 19.3 Å². The van der Waals surface area contributed by atoms with E-state index in [0.717, 1.165) is 16.9 Å². The number of aliphatic hydroxyl groups is 1. The van der Waals surface area contributed by atoms with Gasteiger partial charge < -0.3 is 5.11 Å². The van der Waals surface area contributed by atoms with Gasteiger partial charge in [-0.05, 0) is 36.0 Å². The Bertz CT molecular complexity index is 226. The number of aliphatic hydroxyl groups excluding tert-OH is 1. The zero-order valence-electron chi connectivity index (χ0n) is 9.55. The minimum absolute atomic E-state index is 0.336. The second kappa shape index (κ2) is 3.41. The summed E-state index contributed by atoms with van der Waals surface area (Å²) >= 11 is 2.00. The minimum Gasteiger partial charge on any atom is -0.396 e. The van der Waals surface area contributed by atoms with Gasteiger partial charge in [-0.15, -0.1) is 0 Å². The predicted octanol–water partition coefficient (Wildman–Crippen LogP) is 2.93. The molecule has 0 spiro atoms. The zero-order valence-corrected chi connectivity index (χ0v) is 10.4. The molecule has 14 heavy (non-hydrogen) atoms. The van der Waals surface area contributed by atoms with Crippen molar-refractivity contribution in [1.82, 2.24) is 0 Å². The average molecular weight is 214 g/mol. The van der Waals surface area contributed by atoms with E-state index >= 15 is 0 Å². The molecule has 2 heteroatoms. The van der Waals surface area contributed by atoms with Crippen LogP contribution >= 0.6 is 11.8 Å². The van der Waals surface area contributed by atoms with Crippen LogP contribution in [-0.4, -0.2) is 22.7 Å². The molecule has 1 N–H and O–H groups in total. The molecular formula is C12H22OS. The first-order valence-electron chi connectivity index (χ1n) is 5.75. The smallest absolute Gasteiger partial charge is 0.0521 e. The Hall–Kier alpha value is 0.310. The fourth-order valence-electron chi connectivity index (χ4n) is 3.58. The first kappa shape index (κ1) is 10.8. The molecule has 3 atom stereocenters. The number of hydrogen-bond acceptors (Lipinski definition) is 2. The van der Waals surface area contributed by atoms with Gasteiger partial charge in [-0.1, -0.05) is 20.8 Å². The quantitative estimate of drug-likeness (QED) is 0.779. The molecule has 0 aliphatic heterocycles. The van der Waals surface area contributed by atoms with Crippen molar-refractivity contribution in [3.05, 3.63) is 0 Å². The maximum absolute atomic E-state index is 8.89. The lowest BCUT2D eigenvalue weighted by Gasteiger charge is -2.39. The van der Waals surface area contributed by atoms with E-state index in [9.17, 15) is 0 Å². The Balaban J connectivity index is 2.11. The van der Waals surface area contributed by atoms with Crippen molar-refractivity contribution in [2.75, 3.05) is 12.4 Å². The van der Waals surface area contributed by atoms with Crippen LogP contribution in [0.2, 0.25) is 0 Å². The fraction of sp³-hybridized carbons (Fsp3) is 1.00. The lowest BCUT2D eigenvalue weighted by molar-refractivity contribution is 0.156. The third-order valence-electron chi connectivity index (χ3n) is 5.12. The summed E-state index contributed by atoms with van der Waals surface area (Å²) in [5, 5.41) is 9.68. The van der Waals surface area contributed by atoms with Crippen molar-refractivity contribution in [2.24, 2.45) is 16.7 Å². The predicted molar refractivity (Wildman–Crippen MR) is 62.6 cm³/mol. The van der Waals surface area contributed by atoms with Crippen LogP contribution in [0.15, 0.2) is 0 Å². The number of thioether (sulfide) groups is 1. The second-order valence-electron chi connectivity index (χ2n) is 5.69. The Morgan fingerprint density at radius 2 is 2.07 bits per heavy atom. The van der Waals surface area contributed by atoms with Crippen LogP contribution < -0.4 is 0 Å². The molecular weight excluding hydrogens is 192 g/mol. The summed E-state index contributed by atoms with van der Waals surface area (Å²) in [6.07, 6.45) is 4.21. The molecule has 0 saturated heterocycles. The van der Waals surface area contributed by atoms with Crippen LogP contribution in [0.4, 0.5) is 0 Å². The maximum atomic E-state index is 8.89. The van der Waals surface area contributed by atoms with E-state index in [-0.39, 0.29) is 0 Å². The van der Waals surface area contributed by atoms with E-state index in [1.54, 1.807) is 0 Å². The molecule has 2 saturated carbocycles. The van der Waals surface area contributed by atoms with Crippen molar-refractivity contribution in [2.45, 2.75) is 45.3 Å². The van der Waals surface area contributed by atoms with Gasteiger partial charge in [-0.2, -0.15) is 11.8 Å². The Kier molecular flexibility index (Phi) is 2.64. The van der Waals surface area contributed by atoms with Gasteiger partial charge in [0, 0.05) is 11.0 Å². The maximum Gasteiger partial charge on any atom is 0.0521 e. The summed E-state index contributed by atoms with van der Waals surface area (Å²) in [4.78, 5) is 0. The van der Waals surface area contributed by atoms with Crippen molar-refractivity contribution in [1.29, 1.82) is 0 Å². The molecule has 0 aromatic heterocycles. The van der Waals surface area contributed by atoms with E-state index in [0.29, 0.717) is 17.4 Å². The molecule has 0 aromatic rings. The second-order valence-corrected chi connectivity index (χ2v) is 7.00. The Labute approximate surface area is 91.7 Å². The third-order valence-corrected chi connectivity index (χ3v) is 6.66. The van der Waals surface area contributed by atoms with Crippen LogP contribution in [0.1, 0.15) is 40.0 Å². The first-order valence-corrected chi connectivity index (χ1v) is 6.80. The van der Waals surface area contributed by atoms with Crippen molar-refractivity contribution >= 4 is 11.8 Å². The monoisotopic (exact) mass is 214 g/mol. The first-order chi connectivity index (χ1) is 6.52. The highest BCUT2D eigenvalue weighted by atomic mass is 32.2. The average Bonchev–Trinajstić information content (AvgIpc) is 2.46. The molecule has 2 fully saturated rings. The molecule has 1 nitrogen and oxygen atoms in total. The Morgan fingerprint density at radius 3 is 2.50 bits per heavy atom. The summed E-state index contributed by atoms with van der Waals surface area (Å²) in [5.74, 6) is 1.85. The summed E-state index contributed by atoms with van der Waals surface area (Å²) < 4.78 is 0. The van der Waals surface area contributed by atoms with Gasteiger partial charge >= 0.3 is 0 Å². The standard InChI is InChI=1S/C12H22OS/c1-11(2)9-4-5-12(11,3)10(8-9)14-7-6-13/h9-10,13H,4-8H2,1-3H3. The van der Waals surface area contributed by atoms with E-state index < -0.39 is 0 Å². The van der Waals surface area contributed by atoms with Gasteiger partial charge in [0.2, 0.25) is 0 Å². The molecule has 0 amide bonds. The van der Waals surface area contributed by atoms with Crippen LogP contribution in [0.5, 0.6) is 0 Å². The summed E-state index contributed by atoms with van der Waals surface area (Å²) in [7, 11) is 0. The minimum atomic E-state index is 0.336. The molecule has 2 aliphatic rings. The zero-order chi connectivity index (χ0) is 10.4. The fourth-order valence-corrected chi connectivity index (χ4v) is 5.13. The largest absolute Gasteiger partial charge is 0.396 e. The molecule has 3 unspecified atom stereocenters. The van der Waals surface area contributed by atoms with Crippen molar-refractivity contribution < 1.29 is 5.11 Å². The highest BCUT2D eigenvalue weighted by Gasteiger charge is 2.61. The molecule has 2 rings (SSSR count). The number of hydrogen-bond donors (Lipinski definition) is 1. The molecule has 2 bridgehead atoms. The van der Waals surface area contributed by atoms with Crippen molar-refractivity contribution in [3.63, 3.8) is 0 Å². The molecule has 0 aromatic carbocycles. The summed E-state index contributed by atoms with van der Waals surface area (Å²) in [6, 6.07) is 0. The van der Waals surface area contributed by atoms with Gasteiger partial charge in [-0.3, -0.25) is 0 Å². The van der Waals surface area contributed by atoms with Gasteiger partial charge in [0.15, 0.2) is 0 Å². The SMILES string of the molecule is CC1(C)C2CCC1(C)C(SCCO)C2. The lowest BCUT2D eigenvalue weighted by atomic mass is 9.71. The highest BCUT2D eigenvalue weighted by molar-refractivity contribution is 7.99. The van der Waals surface area contributed by atoms with E-state index in [1.807, 2.05) is 11.8 Å². The summed E-state index contributed by atoms with van der Waals surface area (Å²) in [6.45, 7) is 7.70. The van der Waals surface area contributed by atoms with E-state index in [2.05, 4.69) is 20.8 Å². The third kappa shape index (κ3) is 1.26. The van der Waals surface area contributed by atoms with Crippen molar-refractivity contribution in [3.8, 4) is 0 Å². The van der Waals surface area contributed by atoms with Crippen LogP contribution in [0.3, 0.4) is 0 Å². The van der Waals surface area contributed by atoms with Crippen LogP contribution in [0.25, 0.3) is 0 Å². The van der Waals surface area contributed by atoms with Gasteiger partial charge in [-0.25, -0.2) is 0 Å². The van der Waals surface area contributed by atoms with Gasteiger partial charge in [0.25, 0.3) is 0 Å². The Morgan fingerprint density at radius 1 is 1.36 bits per heavy atom. The molecule has 2 aliphatic carbocycles. The van der Waals surface area contributed by atoms with E-state index in [4.69, 9.17) is 5.11 Å². The molecule has 0 radical (unpaired) electrons. The van der Waals surface area contributed by atoms with Gasteiger partial charge in [0.1, 0.15) is 0 Å². The normalized spacial score (nSPS) is 44.6. The molecule has 82 valence electrons. The van der Waals surface area contributed by atoms with Crippen LogP contribution in [-0.2, 0) is 0 Å². The number of rotatable bonds is 3. The van der Waals surface area contributed by atoms with Crippen LogP contribution in [0, 0.1) is 16.7 Å². The lowest BCUT2D eigenvalue weighted by Crippen LogP contribution is -2.34. The topological polar surface area (TPSA) is 20.2 Å². The number of fused-ring (bicyclic) bond motifs is 2.